The Morgan fingerprint density at radius 3 is 2.68 bits per heavy atom. The molecule has 4 nitrogen and oxygen atoms in total. The van der Waals surface area contributed by atoms with Crippen molar-refractivity contribution in [1.82, 2.24) is 14.9 Å². The van der Waals surface area contributed by atoms with Crippen LogP contribution in [0.3, 0.4) is 0 Å². The third-order valence-corrected chi connectivity index (χ3v) is 4.94. The third-order valence-electron chi connectivity index (χ3n) is 3.75. The highest BCUT2D eigenvalue weighted by Crippen LogP contribution is 2.30. The molecule has 1 aromatic heterocycles. The molecule has 6 heteroatoms. The van der Waals surface area contributed by atoms with E-state index in [9.17, 15) is 4.79 Å². The molecule has 128 valence electrons. The minimum absolute atomic E-state index is 0.0393. The molecular formula is C19H18ClN3OS. The molecule has 3 aromatic rings. The zero-order valence-corrected chi connectivity index (χ0v) is 15.6. The number of aryl methyl sites for hydroxylation is 1. The van der Waals surface area contributed by atoms with Gasteiger partial charge in [-0.3, -0.25) is 9.36 Å². The van der Waals surface area contributed by atoms with E-state index in [1.54, 1.807) is 7.05 Å². The van der Waals surface area contributed by atoms with Gasteiger partial charge in [-0.2, -0.15) is 0 Å². The second kappa shape index (κ2) is 7.76. The minimum atomic E-state index is -0.0393. The standard InChI is InChI=1S/C19H18ClN3OS/c1-13-6-8-14(9-7-13)17-11-22-19(25-12-18(24)21-2)23(17)16-5-3-4-15(20)10-16/h3-11H,12H2,1-2H3,(H,21,24). The van der Waals surface area contributed by atoms with Crippen LogP contribution in [0.15, 0.2) is 59.9 Å². The van der Waals surface area contributed by atoms with Crippen molar-refractivity contribution in [2.24, 2.45) is 0 Å². The molecule has 0 aliphatic rings. The first-order valence-corrected chi connectivity index (χ1v) is 9.19. The smallest absolute Gasteiger partial charge is 0.230 e. The van der Waals surface area contributed by atoms with Crippen molar-refractivity contribution in [2.45, 2.75) is 12.1 Å². The van der Waals surface area contributed by atoms with Gasteiger partial charge in [0.1, 0.15) is 0 Å². The van der Waals surface area contributed by atoms with Crippen molar-refractivity contribution in [3.05, 3.63) is 65.3 Å². The average molecular weight is 372 g/mol. The number of hydrogen-bond acceptors (Lipinski definition) is 3. The van der Waals surface area contributed by atoms with Crippen LogP contribution in [0.25, 0.3) is 16.9 Å². The fourth-order valence-electron chi connectivity index (χ4n) is 2.43. The highest BCUT2D eigenvalue weighted by atomic mass is 35.5. The zero-order valence-electron chi connectivity index (χ0n) is 14.0. The lowest BCUT2D eigenvalue weighted by Crippen LogP contribution is -2.20. The van der Waals surface area contributed by atoms with Crippen molar-refractivity contribution in [1.29, 1.82) is 0 Å². The van der Waals surface area contributed by atoms with Crippen LogP contribution in [-0.2, 0) is 4.79 Å². The van der Waals surface area contributed by atoms with E-state index in [0.717, 1.165) is 22.1 Å². The van der Waals surface area contributed by atoms with E-state index in [0.29, 0.717) is 10.8 Å². The van der Waals surface area contributed by atoms with E-state index >= 15 is 0 Å². The molecule has 2 aromatic carbocycles. The number of benzene rings is 2. The fraction of sp³-hybridized carbons (Fsp3) is 0.158. The first kappa shape index (κ1) is 17.6. The summed E-state index contributed by atoms with van der Waals surface area (Å²) in [5, 5.41) is 4.04. The highest BCUT2D eigenvalue weighted by molar-refractivity contribution is 7.99. The molecule has 1 N–H and O–H groups in total. The van der Waals surface area contributed by atoms with Crippen LogP contribution in [0, 0.1) is 6.92 Å². The number of amides is 1. The molecule has 3 rings (SSSR count). The summed E-state index contributed by atoms with van der Waals surface area (Å²) >= 11 is 7.57. The third kappa shape index (κ3) is 4.06. The number of nitrogens with one attached hydrogen (secondary N) is 1. The normalized spacial score (nSPS) is 10.7. The monoisotopic (exact) mass is 371 g/mol. The predicted molar refractivity (Wildman–Crippen MR) is 104 cm³/mol. The van der Waals surface area contributed by atoms with Crippen molar-refractivity contribution >= 4 is 29.3 Å². The van der Waals surface area contributed by atoms with E-state index in [1.807, 2.05) is 35.0 Å². The summed E-state index contributed by atoms with van der Waals surface area (Å²) in [4.78, 5) is 16.1. The number of carbonyl (C=O) groups is 1. The van der Waals surface area contributed by atoms with Gasteiger partial charge in [-0.05, 0) is 25.1 Å². The molecule has 0 unspecified atom stereocenters. The van der Waals surface area contributed by atoms with Gasteiger partial charge in [-0.15, -0.1) is 0 Å². The molecule has 0 saturated carbocycles. The zero-order chi connectivity index (χ0) is 17.8. The Hall–Kier alpha value is -2.24. The second-order valence-corrected chi connectivity index (χ2v) is 6.95. The number of halogens is 1. The number of hydrogen-bond donors (Lipinski definition) is 1. The van der Waals surface area contributed by atoms with Gasteiger partial charge in [-0.25, -0.2) is 4.98 Å². The van der Waals surface area contributed by atoms with Crippen LogP contribution in [-0.4, -0.2) is 28.3 Å². The second-order valence-electron chi connectivity index (χ2n) is 5.57. The maximum Gasteiger partial charge on any atom is 0.230 e. The van der Waals surface area contributed by atoms with E-state index in [1.165, 1.54) is 17.3 Å². The topological polar surface area (TPSA) is 46.9 Å². The predicted octanol–water partition coefficient (Wildman–Crippen LogP) is 4.34. The van der Waals surface area contributed by atoms with Crippen LogP contribution in [0.5, 0.6) is 0 Å². The number of nitrogens with zero attached hydrogens (tertiary/aromatic N) is 2. The molecule has 0 saturated heterocycles. The van der Waals surface area contributed by atoms with Crippen LogP contribution < -0.4 is 5.32 Å². The number of carbonyl (C=O) groups excluding carboxylic acids is 1. The lowest BCUT2D eigenvalue weighted by atomic mass is 10.1. The SMILES string of the molecule is CNC(=O)CSc1ncc(-c2ccc(C)cc2)n1-c1cccc(Cl)c1. The fourth-order valence-corrected chi connectivity index (χ4v) is 3.48. The lowest BCUT2D eigenvalue weighted by Gasteiger charge is -2.12. The van der Waals surface area contributed by atoms with E-state index in [4.69, 9.17) is 11.6 Å². The molecule has 0 aliphatic heterocycles. The van der Waals surface area contributed by atoms with Crippen LogP contribution in [0.4, 0.5) is 0 Å². The van der Waals surface area contributed by atoms with Gasteiger partial charge in [-0.1, -0.05) is 59.3 Å². The van der Waals surface area contributed by atoms with Crippen molar-refractivity contribution in [2.75, 3.05) is 12.8 Å². The Morgan fingerprint density at radius 2 is 2.00 bits per heavy atom. The van der Waals surface area contributed by atoms with E-state index in [2.05, 4.69) is 41.5 Å². The molecule has 1 amide bonds. The summed E-state index contributed by atoms with van der Waals surface area (Å²) in [7, 11) is 1.63. The van der Waals surface area contributed by atoms with Crippen LogP contribution >= 0.6 is 23.4 Å². The summed E-state index contributed by atoms with van der Waals surface area (Å²) in [6.45, 7) is 2.06. The van der Waals surface area contributed by atoms with E-state index < -0.39 is 0 Å². The number of rotatable bonds is 5. The van der Waals surface area contributed by atoms with Gasteiger partial charge >= 0.3 is 0 Å². The van der Waals surface area contributed by atoms with Gasteiger partial charge in [0.15, 0.2) is 5.16 Å². The molecule has 0 radical (unpaired) electrons. The largest absolute Gasteiger partial charge is 0.358 e. The lowest BCUT2D eigenvalue weighted by molar-refractivity contribution is -0.118. The number of aromatic nitrogens is 2. The Balaban J connectivity index is 2.07. The van der Waals surface area contributed by atoms with Crippen molar-refractivity contribution < 1.29 is 4.79 Å². The summed E-state index contributed by atoms with van der Waals surface area (Å²) in [6.07, 6.45) is 1.83. The Kier molecular flexibility index (Phi) is 5.46. The van der Waals surface area contributed by atoms with Crippen LogP contribution in [0.2, 0.25) is 5.02 Å². The van der Waals surface area contributed by atoms with Gasteiger partial charge in [0.2, 0.25) is 5.91 Å². The molecule has 1 heterocycles. The quantitative estimate of drug-likeness (QED) is 0.678. The molecule has 0 aliphatic carbocycles. The number of thioether (sulfide) groups is 1. The maximum atomic E-state index is 11.6. The average Bonchev–Trinajstić information content (AvgIpc) is 3.04. The van der Waals surface area contributed by atoms with Gasteiger partial charge < -0.3 is 5.32 Å². The summed E-state index contributed by atoms with van der Waals surface area (Å²) in [6, 6.07) is 15.9. The maximum absolute atomic E-state index is 11.6. The number of imidazole rings is 1. The molecule has 25 heavy (non-hydrogen) atoms. The minimum Gasteiger partial charge on any atom is -0.358 e. The molecular weight excluding hydrogens is 354 g/mol. The summed E-state index contributed by atoms with van der Waals surface area (Å²) in [5.74, 6) is 0.268. The van der Waals surface area contributed by atoms with Gasteiger partial charge in [0.05, 0.1) is 17.6 Å². The Morgan fingerprint density at radius 1 is 1.24 bits per heavy atom. The van der Waals surface area contributed by atoms with Crippen LogP contribution in [0.1, 0.15) is 5.56 Å². The summed E-state index contributed by atoms with van der Waals surface area (Å²) < 4.78 is 2.03. The van der Waals surface area contributed by atoms with Crippen molar-refractivity contribution in [3.8, 4) is 16.9 Å². The van der Waals surface area contributed by atoms with E-state index in [-0.39, 0.29) is 5.91 Å². The first-order valence-electron chi connectivity index (χ1n) is 7.82. The molecule has 0 bridgehead atoms. The Bertz CT molecular complexity index is 890. The first-order chi connectivity index (χ1) is 12.1. The Labute approximate surface area is 156 Å². The van der Waals surface area contributed by atoms with Crippen molar-refractivity contribution in [3.63, 3.8) is 0 Å². The van der Waals surface area contributed by atoms with Gasteiger partial charge in [0.25, 0.3) is 0 Å². The molecule has 0 atom stereocenters. The molecule has 0 fully saturated rings. The summed E-state index contributed by atoms with van der Waals surface area (Å²) in [5.41, 5.74) is 4.14. The molecule has 0 spiro atoms. The highest BCUT2D eigenvalue weighted by Gasteiger charge is 2.15. The van der Waals surface area contributed by atoms with Gasteiger partial charge in [0, 0.05) is 23.3 Å².